The quantitative estimate of drug-likeness (QED) is 0.517. The van der Waals surface area contributed by atoms with E-state index in [2.05, 4.69) is 38.0 Å². The van der Waals surface area contributed by atoms with E-state index in [1.165, 1.54) is 5.00 Å². The zero-order valence-corrected chi connectivity index (χ0v) is 18.7. The fourth-order valence-electron chi connectivity index (χ4n) is 3.50. The smallest absolute Gasteiger partial charge is 0.191 e. The summed E-state index contributed by atoms with van der Waals surface area (Å²) in [5.74, 6) is 0.722. The van der Waals surface area contributed by atoms with Crippen LogP contribution in [0.2, 0.25) is 0 Å². The number of nitrogens with zero attached hydrogens (tertiary/aromatic N) is 2. The van der Waals surface area contributed by atoms with Gasteiger partial charge in [0.15, 0.2) is 15.8 Å². The lowest BCUT2D eigenvalue weighted by atomic mass is 10.1. The van der Waals surface area contributed by atoms with Gasteiger partial charge in [0, 0.05) is 32.2 Å². The van der Waals surface area contributed by atoms with E-state index in [-0.39, 0.29) is 11.8 Å². The maximum Gasteiger partial charge on any atom is 0.191 e. The molecule has 0 bridgehead atoms. The van der Waals surface area contributed by atoms with Crippen LogP contribution in [0.4, 0.5) is 5.00 Å². The van der Waals surface area contributed by atoms with Crippen LogP contribution in [0.15, 0.2) is 57.7 Å². The standard InChI is InChI=1S/C21H30N4O2S2/c1-3-17(16-29(26,27)19-8-5-4-6-9-19)23-21(22-2)24-18-11-13-25(14-12-18)20-10-7-15-28-20/h4-10,15,17-18H,3,11-14,16H2,1-2H3,(H2,22,23,24). The lowest BCUT2D eigenvalue weighted by Gasteiger charge is -2.34. The Hall–Kier alpha value is -2.06. The summed E-state index contributed by atoms with van der Waals surface area (Å²) in [6.07, 6.45) is 2.75. The van der Waals surface area contributed by atoms with Gasteiger partial charge in [-0.15, -0.1) is 11.3 Å². The van der Waals surface area contributed by atoms with Gasteiger partial charge in [0.25, 0.3) is 0 Å². The summed E-state index contributed by atoms with van der Waals surface area (Å²) < 4.78 is 25.4. The van der Waals surface area contributed by atoms with E-state index in [1.807, 2.05) is 13.0 Å². The van der Waals surface area contributed by atoms with Crippen LogP contribution in [0.25, 0.3) is 0 Å². The first-order valence-electron chi connectivity index (χ1n) is 10.1. The fourth-order valence-corrected chi connectivity index (χ4v) is 5.90. The van der Waals surface area contributed by atoms with Crippen LogP contribution in [-0.2, 0) is 9.84 Å². The molecule has 2 heterocycles. The number of hydrogen-bond acceptors (Lipinski definition) is 5. The van der Waals surface area contributed by atoms with Crippen LogP contribution in [-0.4, -0.2) is 52.4 Å². The van der Waals surface area contributed by atoms with Crippen LogP contribution in [0.3, 0.4) is 0 Å². The minimum Gasteiger partial charge on any atom is -0.363 e. The summed E-state index contributed by atoms with van der Waals surface area (Å²) in [5, 5.41) is 10.2. The van der Waals surface area contributed by atoms with Crippen molar-refractivity contribution in [3.8, 4) is 0 Å². The van der Waals surface area contributed by atoms with Crippen molar-refractivity contribution in [2.45, 2.75) is 43.2 Å². The van der Waals surface area contributed by atoms with E-state index in [9.17, 15) is 8.42 Å². The predicted octanol–water partition coefficient (Wildman–Crippen LogP) is 3.13. The molecule has 8 heteroatoms. The van der Waals surface area contributed by atoms with E-state index < -0.39 is 9.84 Å². The Labute approximate surface area is 178 Å². The third-order valence-corrected chi connectivity index (χ3v) is 7.99. The molecule has 1 aromatic carbocycles. The molecule has 1 saturated heterocycles. The second kappa shape index (κ2) is 10.1. The molecule has 1 aromatic heterocycles. The monoisotopic (exact) mass is 434 g/mol. The van der Waals surface area contributed by atoms with Crippen LogP contribution in [0.5, 0.6) is 0 Å². The van der Waals surface area contributed by atoms with Gasteiger partial charge < -0.3 is 15.5 Å². The molecule has 1 fully saturated rings. The van der Waals surface area contributed by atoms with Crippen molar-refractivity contribution < 1.29 is 8.42 Å². The maximum absolute atomic E-state index is 12.7. The number of anilines is 1. The number of guanidine groups is 1. The molecule has 1 unspecified atom stereocenters. The van der Waals surface area contributed by atoms with Gasteiger partial charge in [-0.25, -0.2) is 8.42 Å². The van der Waals surface area contributed by atoms with Gasteiger partial charge in [0.1, 0.15) is 0 Å². The number of sulfone groups is 1. The third kappa shape index (κ3) is 5.96. The number of piperidine rings is 1. The van der Waals surface area contributed by atoms with Crippen molar-refractivity contribution in [1.82, 2.24) is 10.6 Å². The molecule has 3 rings (SSSR count). The lowest BCUT2D eigenvalue weighted by Crippen LogP contribution is -2.52. The molecular formula is C21H30N4O2S2. The van der Waals surface area contributed by atoms with E-state index in [1.54, 1.807) is 42.6 Å². The van der Waals surface area contributed by atoms with Crippen molar-refractivity contribution in [2.24, 2.45) is 4.99 Å². The summed E-state index contributed by atoms with van der Waals surface area (Å²) >= 11 is 1.78. The van der Waals surface area contributed by atoms with Gasteiger partial charge in [-0.2, -0.15) is 0 Å². The van der Waals surface area contributed by atoms with Gasteiger partial charge in [-0.3, -0.25) is 4.99 Å². The predicted molar refractivity (Wildman–Crippen MR) is 122 cm³/mol. The van der Waals surface area contributed by atoms with Crippen LogP contribution < -0.4 is 15.5 Å². The first-order chi connectivity index (χ1) is 14.0. The highest BCUT2D eigenvalue weighted by Gasteiger charge is 2.24. The second-order valence-corrected chi connectivity index (χ2v) is 10.2. The molecule has 0 spiro atoms. The molecule has 2 aromatic rings. The zero-order chi connectivity index (χ0) is 20.7. The molecule has 0 saturated carbocycles. The molecule has 1 aliphatic rings. The number of aliphatic imine (C=N–C) groups is 1. The Bertz CT molecular complexity index is 875. The topological polar surface area (TPSA) is 73.8 Å². The van der Waals surface area contributed by atoms with Gasteiger partial charge >= 0.3 is 0 Å². The minimum atomic E-state index is -3.34. The summed E-state index contributed by atoms with van der Waals surface area (Å²) in [6, 6.07) is 13.0. The summed E-state index contributed by atoms with van der Waals surface area (Å²) in [7, 11) is -1.61. The van der Waals surface area contributed by atoms with Crippen molar-refractivity contribution in [3.05, 3.63) is 47.8 Å². The Kier molecular flexibility index (Phi) is 7.55. The van der Waals surface area contributed by atoms with Gasteiger partial charge in [-0.1, -0.05) is 25.1 Å². The Balaban J connectivity index is 1.53. The molecule has 0 radical (unpaired) electrons. The van der Waals surface area contributed by atoms with Gasteiger partial charge in [-0.05, 0) is 48.9 Å². The SMILES string of the molecule is CCC(CS(=O)(=O)c1ccccc1)NC(=NC)NC1CCN(c2cccs2)CC1. The van der Waals surface area contributed by atoms with Crippen LogP contribution in [0, 0.1) is 0 Å². The molecule has 29 heavy (non-hydrogen) atoms. The number of nitrogens with one attached hydrogen (secondary N) is 2. The highest BCUT2D eigenvalue weighted by molar-refractivity contribution is 7.91. The Morgan fingerprint density at radius 1 is 1.21 bits per heavy atom. The molecule has 2 N–H and O–H groups in total. The minimum absolute atomic E-state index is 0.0467. The number of benzene rings is 1. The van der Waals surface area contributed by atoms with E-state index in [0.717, 1.165) is 25.9 Å². The summed E-state index contributed by atoms with van der Waals surface area (Å²) in [6.45, 7) is 4.01. The maximum atomic E-state index is 12.7. The molecule has 1 atom stereocenters. The Morgan fingerprint density at radius 2 is 1.93 bits per heavy atom. The van der Waals surface area contributed by atoms with Crippen molar-refractivity contribution in [2.75, 3.05) is 30.8 Å². The normalized spacial score (nSPS) is 17.2. The van der Waals surface area contributed by atoms with E-state index >= 15 is 0 Å². The first-order valence-corrected chi connectivity index (χ1v) is 12.6. The van der Waals surface area contributed by atoms with Crippen LogP contribution >= 0.6 is 11.3 Å². The molecule has 158 valence electrons. The summed E-state index contributed by atoms with van der Waals surface area (Å²) in [4.78, 5) is 7.11. The van der Waals surface area contributed by atoms with Crippen LogP contribution in [0.1, 0.15) is 26.2 Å². The molecule has 0 aliphatic carbocycles. The third-order valence-electron chi connectivity index (χ3n) is 5.23. The highest BCUT2D eigenvalue weighted by Crippen LogP contribution is 2.24. The average Bonchev–Trinajstić information content (AvgIpc) is 3.28. The van der Waals surface area contributed by atoms with E-state index in [0.29, 0.717) is 23.3 Å². The summed E-state index contributed by atoms with van der Waals surface area (Å²) in [5.41, 5.74) is 0. The van der Waals surface area contributed by atoms with Gasteiger partial charge in [0.2, 0.25) is 0 Å². The molecular weight excluding hydrogens is 404 g/mol. The zero-order valence-electron chi connectivity index (χ0n) is 17.0. The molecule has 6 nitrogen and oxygen atoms in total. The highest BCUT2D eigenvalue weighted by atomic mass is 32.2. The largest absolute Gasteiger partial charge is 0.363 e. The van der Waals surface area contributed by atoms with Crippen molar-refractivity contribution in [1.29, 1.82) is 0 Å². The number of hydrogen-bond donors (Lipinski definition) is 2. The Morgan fingerprint density at radius 3 is 2.52 bits per heavy atom. The van der Waals surface area contributed by atoms with Crippen molar-refractivity contribution in [3.63, 3.8) is 0 Å². The fraction of sp³-hybridized carbons (Fsp3) is 0.476. The van der Waals surface area contributed by atoms with E-state index in [4.69, 9.17) is 0 Å². The van der Waals surface area contributed by atoms with Crippen molar-refractivity contribution >= 4 is 32.1 Å². The molecule has 1 aliphatic heterocycles. The second-order valence-electron chi connectivity index (χ2n) is 7.27. The lowest BCUT2D eigenvalue weighted by molar-refractivity contribution is 0.459. The van der Waals surface area contributed by atoms with Gasteiger partial charge in [0.05, 0.1) is 15.6 Å². The number of rotatable bonds is 7. The number of thiophene rings is 1. The average molecular weight is 435 g/mol. The first kappa shape index (κ1) is 21.6. The molecule has 0 amide bonds.